The molecule has 1 saturated carbocycles. The fraction of sp³-hybridized carbons (Fsp3) is 0.353. The van der Waals surface area contributed by atoms with Crippen molar-refractivity contribution in [3.05, 3.63) is 59.1 Å². The lowest BCUT2D eigenvalue weighted by Gasteiger charge is -2.29. The maximum absolute atomic E-state index is 12.8. The third kappa shape index (κ3) is 3.28. The standard InChI is InChI=1S/C17H18ClN3O/c18-15-8-4-1-5-13(15)12-21(14-6-2-3-7-14)17(22)16-11-19-9-10-20-16/h1,4-5,8-11,14H,2-3,6-7,12H2. The van der Waals surface area contributed by atoms with E-state index < -0.39 is 0 Å². The zero-order valence-corrected chi connectivity index (χ0v) is 13.0. The molecule has 0 unspecified atom stereocenters. The molecule has 5 heteroatoms. The van der Waals surface area contributed by atoms with Gasteiger partial charge in [0.2, 0.25) is 0 Å². The molecule has 1 heterocycles. The number of nitrogens with zero attached hydrogens (tertiary/aromatic N) is 3. The van der Waals surface area contributed by atoms with Crippen molar-refractivity contribution in [2.45, 2.75) is 38.3 Å². The summed E-state index contributed by atoms with van der Waals surface area (Å²) < 4.78 is 0. The first-order chi connectivity index (χ1) is 10.8. The molecule has 22 heavy (non-hydrogen) atoms. The van der Waals surface area contributed by atoms with Gasteiger partial charge >= 0.3 is 0 Å². The average molecular weight is 316 g/mol. The molecule has 1 aliphatic rings. The molecule has 0 N–H and O–H groups in total. The number of halogens is 1. The van der Waals surface area contributed by atoms with Crippen molar-refractivity contribution < 1.29 is 4.79 Å². The van der Waals surface area contributed by atoms with E-state index in [0.717, 1.165) is 31.2 Å². The minimum absolute atomic E-state index is 0.0695. The maximum atomic E-state index is 12.8. The summed E-state index contributed by atoms with van der Waals surface area (Å²) in [5, 5.41) is 0.692. The van der Waals surface area contributed by atoms with Crippen LogP contribution in [0.2, 0.25) is 5.02 Å². The first kappa shape index (κ1) is 15.0. The maximum Gasteiger partial charge on any atom is 0.274 e. The summed E-state index contributed by atoms with van der Waals surface area (Å²) in [7, 11) is 0. The molecule has 3 rings (SSSR count). The van der Waals surface area contributed by atoms with Crippen LogP contribution in [0.25, 0.3) is 0 Å². The van der Waals surface area contributed by atoms with Gasteiger partial charge in [0.05, 0.1) is 6.20 Å². The van der Waals surface area contributed by atoms with Gasteiger partial charge in [-0.3, -0.25) is 9.78 Å². The molecule has 1 aliphatic carbocycles. The van der Waals surface area contributed by atoms with E-state index in [4.69, 9.17) is 11.6 Å². The van der Waals surface area contributed by atoms with E-state index in [1.165, 1.54) is 6.20 Å². The molecule has 0 spiro atoms. The van der Waals surface area contributed by atoms with Crippen LogP contribution in [-0.2, 0) is 6.54 Å². The van der Waals surface area contributed by atoms with Crippen LogP contribution in [0.3, 0.4) is 0 Å². The quantitative estimate of drug-likeness (QED) is 0.864. The van der Waals surface area contributed by atoms with Gasteiger partial charge in [-0.25, -0.2) is 4.98 Å². The van der Waals surface area contributed by atoms with Crippen LogP contribution in [0.5, 0.6) is 0 Å². The number of carbonyl (C=O) groups is 1. The monoisotopic (exact) mass is 315 g/mol. The van der Waals surface area contributed by atoms with Gasteiger partial charge in [0.1, 0.15) is 5.69 Å². The van der Waals surface area contributed by atoms with Gasteiger partial charge in [0.15, 0.2) is 0 Å². The molecule has 1 aromatic heterocycles. The Hall–Kier alpha value is -1.94. The van der Waals surface area contributed by atoms with Crippen molar-refractivity contribution in [3.8, 4) is 0 Å². The van der Waals surface area contributed by atoms with Crippen molar-refractivity contribution in [2.75, 3.05) is 0 Å². The summed E-state index contributed by atoms with van der Waals surface area (Å²) in [5.74, 6) is -0.0695. The minimum Gasteiger partial charge on any atom is -0.330 e. The Morgan fingerprint density at radius 2 is 2.00 bits per heavy atom. The Balaban J connectivity index is 1.87. The van der Waals surface area contributed by atoms with Gasteiger partial charge in [-0.05, 0) is 24.5 Å². The number of hydrogen-bond donors (Lipinski definition) is 0. The van der Waals surface area contributed by atoms with Crippen molar-refractivity contribution in [1.82, 2.24) is 14.9 Å². The third-order valence-corrected chi connectivity index (χ3v) is 4.48. The molecular weight excluding hydrogens is 298 g/mol. The topological polar surface area (TPSA) is 46.1 Å². The average Bonchev–Trinajstić information content (AvgIpc) is 3.08. The van der Waals surface area contributed by atoms with E-state index in [1.807, 2.05) is 29.2 Å². The fourth-order valence-corrected chi connectivity index (χ4v) is 3.14. The zero-order valence-electron chi connectivity index (χ0n) is 12.3. The highest BCUT2D eigenvalue weighted by molar-refractivity contribution is 6.31. The van der Waals surface area contributed by atoms with E-state index in [0.29, 0.717) is 17.3 Å². The van der Waals surface area contributed by atoms with Crippen molar-refractivity contribution in [1.29, 1.82) is 0 Å². The molecule has 114 valence electrons. The van der Waals surface area contributed by atoms with Crippen LogP contribution in [0.4, 0.5) is 0 Å². The largest absolute Gasteiger partial charge is 0.330 e. The van der Waals surface area contributed by atoms with E-state index in [2.05, 4.69) is 9.97 Å². The lowest BCUT2D eigenvalue weighted by molar-refractivity contribution is 0.0658. The number of carbonyl (C=O) groups excluding carboxylic acids is 1. The summed E-state index contributed by atoms with van der Waals surface area (Å²) in [5.41, 5.74) is 1.36. The van der Waals surface area contributed by atoms with Gasteiger partial charge in [0, 0.05) is 30.0 Å². The number of benzene rings is 1. The Morgan fingerprint density at radius 3 is 2.68 bits per heavy atom. The molecule has 2 aromatic rings. The van der Waals surface area contributed by atoms with E-state index in [-0.39, 0.29) is 11.9 Å². The number of rotatable bonds is 4. The number of amides is 1. The van der Waals surface area contributed by atoms with E-state index in [1.54, 1.807) is 12.4 Å². The van der Waals surface area contributed by atoms with Crippen LogP contribution in [-0.4, -0.2) is 26.8 Å². The fourth-order valence-electron chi connectivity index (χ4n) is 2.95. The number of aromatic nitrogens is 2. The van der Waals surface area contributed by atoms with Crippen molar-refractivity contribution >= 4 is 17.5 Å². The minimum atomic E-state index is -0.0695. The zero-order chi connectivity index (χ0) is 15.4. The molecule has 1 fully saturated rings. The third-order valence-electron chi connectivity index (χ3n) is 4.11. The Morgan fingerprint density at radius 1 is 1.23 bits per heavy atom. The Bertz CT molecular complexity index is 641. The second-order valence-electron chi connectivity index (χ2n) is 5.55. The lowest BCUT2D eigenvalue weighted by atomic mass is 10.1. The molecular formula is C17H18ClN3O. The van der Waals surface area contributed by atoms with Crippen LogP contribution in [0.1, 0.15) is 41.7 Å². The summed E-state index contributed by atoms with van der Waals surface area (Å²) in [6.45, 7) is 0.514. The molecule has 4 nitrogen and oxygen atoms in total. The predicted octanol–water partition coefficient (Wildman–Crippen LogP) is 3.72. The molecule has 0 bridgehead atoms. The first-order valence-electron chi connectivity index (χ1n) is 7.56. The van der Waals surface area contributed by atoms with Crippen LogP contribution in [0.15, 0.2) is 42.9 Å². The molecule has 0 atom stereocenters. The van der Waals surface area contributed by atoms with Crippen LogP contribution >= 0.6 is 11.6 Å². The number of hydrogen-bond acceptors (Lipinski definition) is 3. The first-order valence-corrected chi connectivity index (χ1v) is 7.94. The molecule has 0 aliphatic heterocycles. The van der Waals surface area contributed by atoms with Gasteiger partial charge in [0.25, 0.3) is 5.91 Å². The van der Waals surface area contributed by atoms with Gasteiger partial charge in [-0.2, -0.15) is 0 Å². The predicted molar refractivity (Wildman–Crippen MR) is 85.6 cm³/mol. The van der Waals surface area contributed by atoms with Crippen LogP contribution < -0.4 is 0 Å². The summed E-state index contributed by atoms with van der Waals surface area (Å²) in [6.07, 6.45) is 9.05. The van der Waals surface area contributed by atoms with Gasteiger partial charge < -0.3 is 4.90 Å². The van der Waals surface area contributed by atoms with E-state index >= 15 is 0 Å². The SMILES string of the molecule is O=C(c1cnccn1)N(Cc1ccccc1Cl)C1CCCC1. The molecule has 1 aromatic carbocycles. The second-order valence-corrected chi connectivity index (χ2v) is 5.96. The normalized spacial score (nSPS) is 15.0. The molecule has 1 amide bonds. The highest BCUT2D eigenvalue weighted by atomic mass is 35.5. The van der Waals surface area contributed by atoms with Crippen molar-refractivity contribution in [3.63, 3.8) is 0 Å². The highest BCUT2D eigenvalue weighted by Crippen LogP contribution is 2.27. The van der Waals surface area contributed by atoms with Crippen molar-refractivity contribution in [2.24, 2.45) is 0 Å². The van der Waals surface area contributed by atoms with E-state index in [9.17, 15) is 4.79 Å². The second kappa shape index (κ2) is 6.88. The molecule has 0 saturated heterocycles. The molecule has 0 radical (unpaired) electrons. The summed E-state index contributed by atoms with van der Waals surface area (Å²) in [6, 6.07) is 7.92. The van der Waals surface area contributed by atoms with Gasteiger partial charge in [-0.1, -0.05) is 42.6 Å². The lowest BCUT2D eigenvalue weighted by Crippen LogP contribution is -2.38. The smallest absolute Gasteiger partial charge is 0.274 e. The summed E-state index contributed by atoms with van der Waals surface area (Å²) >= 11 is 6.26. The highest BCUT2D eigenvalue weighted by Gasteiger charge is 2.28. The van der Waals surface area contributed by atoms with Crippen LogP contribution in [0, 0.1) is 0 Å². The van der Waals surface area contributed by atoms with Gasteiger partial charge in [-0.15, -0.1) is 0 Å². The summed E-state index contributed by atoms with van der Waals surface area (Å²) in [4.78, 5) is 22.9. The Kier molecular flexibility index (Phi) is 4.68. The Labute approximate surface area is 135 Å².